The molecular weight excluding hydrogens is 224 g/mol. The van der Waals surface area contributed by atoms with Gasteiger partial charge in [-0.3, -0.25) is 0 Å². The quantitative estimate of drug-likeness (QED) is 0.783. The molecule has 2 rings (SSSR count). The van der Waals surface area contributed by atoms with E-state index in [9.17, 15) is 0 Å². The van der Waals surface area contributed by atoms with E-state index in [2.05, 4.69) is 25.4 Å². The zero-order chi connectivity index (χ0) is 12.3. The number of hydrogen-bond acceptors (Lipinski definition) is 8. The normalized spacial score (nSPS) is 10.2. The van der Waals surface area contributed by atoms with Crippen LogP contribution in [0.15, 0.2) is 10.9 Å². The Balaban J connectivity index is 2.11. The van der Waals surface area contributed by atoms with Gasteiger partial charge in [-0.1, -0.05) is 5.16 Å². The molecule has 0 fully saturated rings. The highest BCUT2D eigenvalue weighted by Gasteiger charge is 2.10. The molecule has 2 aromatic heterocycles. The number of hydrogen-bond donors (Lipinski definition) is 2. The highest BCUT2D eigenvalue weighted by molar-refractivity contribution is 5.61. The van der Waals surface area contributed by atoms with Crippen molar-refractivity contribution in [2.24, 2.45) is 0 Å². The van der Waals surface area contributed by atoms with Gasteiger partial charge in [-0.05, 0) is 0 Å². The summed E-state index contributed by atoms with van der Waals surface area (Å²) in [6, 6.07) is 0. The molecule has 90 valence electrons. The standard InChI is InChI=1S/C9H12N6O2/c1-5-14-6(15-17-5)3-11-9-7(16-2)8(10)12-4-13-9/h4H,3H2,1-2H3,(H3,10,11,12,13). The average molecular weight is 236 g/mol. The number of aryl methyl sites for hydroxylation is 1. The summed E-state index contributed by atoms with van der Waals surface area (Å²) < 4.78 is 9.94. The van der Waals surface area contributed by atoms with Crippen LogP contribution in [-0.4, -0.2) is 27.2 Å². The molecule has 0 saturated heterocycles. The molecule has 8 nitrogen and oxygen atoms in total. The lowest BCUT2D eigenvalue weighted by Crippen LogP contribution is -2.07. The molecule has 0 aliphatic rings. The summed E-state index contributed by atoms with van der Waals surface area (Å²) in [7, 11) is 1.50. The molecule has 0 spiro atoms. The van der Waals surface area contributed by atoms with Crippen molar-refractivity contribution in [3.8, 4) is 5.75 Å². The molecule has 0 amide bonds. The number of anilines is 2. The second-order valence-corrected chi connectivity index (χ2v) is 3.22. The molecule has 17 heavy (non-hydrogen) atoms. The van der Waals surface area contributed by atoms with Gasteiger partial charge < -0.3 is 20.3 Å². The van der Waals surface area contributed by atoms with Gasteiger partial charge in [0.15, 0.2) is 17.5 Å². The van der Waals surface area contributed by atoms with E-state index in [-0.39, 0.29) is 5.82 Å². The number of nitrogens with two attached hydrogens (primary N) is 1. The third-order valence-corrected chi connectivity index (χ3v) is 2.02. The molecule has 0 unspecified atom stereocenters. The van der Waals surface area contributed by atoms with Crippen LogP contribution in [0, 0.1) is 6.92 Å². The fourth-order valence-corrected chi connectivity index (χ4v) is 1.29. The predicted octanol–water partition coefficient (Wildman–Crippen LogP) is 0.371. The summed E-state index contributed by atoms with van der Waals surface area (Å²) in [4.78, 5) is 11.9. The van der Waals surface area contributed by atoms with E-state index < -0.39 is 0 Å². The summed E-state index contributed by atoms with van der Waals surface area (Å²) in [5.41, 5.74) is 5.64. The summed E-state index contributed by atoms with van der Waals surface area (Å²) in [6.45, 7) is 2.09. The first-order valence-electron chi connectivity index (χ1n) is 4.88. The van der Waals surface area contributed by atoms with Gasteiger partial charge in [0.2, 0.25) is 11.6 Å². The van der Waals surface area contributed by atoms with Gasteiger partial charge in [-0.15, -0.1) is 0 Å². The van der Waals surface area contributed by atoms with Crippen LogP contribution < -0.4 is 15.8 Å². The Morgan fingerprint density at radius 2 is 2.29 bits per heavy atom. The number of nitrogen functional groups attached to an aromatic ring is 1. The predicted molar refractivity (Wildman–Crippen MR) is 59.4 cm³/mol. The third-order valence-electron chi connectivity index (χ3n) is 2.02. The maximum Gasteiger partial charge on any atom is 0.223 e. The molecule has 3 N–H and O–H groups in total. The van der Waals surface area contributed by atoms with Crippen LogP contribution in [0.25, 0.3) is 0 Å². The lowest BCUT2D eigenvalue weighted by Gasteiger charge is -2.09. The monoisotopic (exact) mass is 236 g/mol. The molecule has 0 aliphatic heterocycles. The minimum Gasteiger partial charge on any atom is -0.490 e. The van der Waals surface area contributed by atoms with Gasteiger partial charge >= 0.3 is 0 Å². The summed E-state index contributed by atoms with van der Waals surface area (Å²) >= 11 is 0. The van der Waals surface area contributed by atoms with Gasteiger partial charge in [0, 0.05) is 6.92 Å². The SMILES string of the molecule is COc1c(N)ncnc1NCc1noc(C)n1. The Morgan fingerprint density at radius 3 is 2.94 bits per heavy atom. The first kappa shape index (κ1) is 11.1. The Labute approximate surface area is 97.2 Å². The maximum absolute atomic E-state index is 5.64. The van der Waals surface area contributed by atoms with Gasteiger partial charge in [-0.25, -0.2) is 9.97 Å². The zero-order valence-electron chi connectivity index (χ0n) is 9.47. The highest BCUT2D eigenvalue weighted by atomic mass is 16.5. The molecule has 0 bridgehead atoms. The minimum absolute atomic E-state index is 0.272. The van der Waals surface area contributed by atoms with Crippen LogP contribution in [0.4, 0.5) is 11.6 Å². The van der Waals surface area contributed by atoms with Crippen LogP contribution in [0.1, 0.15) is 11.7 Å². The molecule has 0 atom stereocenters. The number of nitrogens with one attached hydrogen (secondary N) is 1. The highest BCUT2D eigenvalue weighted by Crippen LogP contribution is 2.26. The van der Waals surface area contributed by atoms with Gasteiger partial charge in [0.25, 0.3) is 0 Å². The van der Waals surface area contributed by atoms with Crippen LogP contribution >= 0.6 is 0 Å². The lowest BCUT2D eigenvalue weighted by molar-refractivity contribution is 0.388. The maximum atomic E-state index is 5.64. The fraction of sp³-hybridized carbons (Fsp3) is 0.333. The Kier molecular flexibility index (Phi) is 3.03. The molecular formula is C9H12N6O2. The first-order valence-corrected chi connectivity index (χ1v) is 4.88. The average Bonchev–Trinajstić information content (AvgIpc) is 2.72. The third kappa shape index (κ3) is 2.41. The van der Waals surface area contributed by atoms with E-state index in [0.29, 0.717) is 29.8 Å². The van der Waals surface area contributed by atoms with Crippen LogP contribution in [0.3, 0.4) is 0 Å². The van der Waals surface area contributed by atoms with Crippen molar-refractivity contribution in [3.63, 3.8) is 0 Å². The molecule has 8 heteroatoms. The van der Waals surface area contributed by atoms with E-state index in [1.165, 1.54) is 13.4 Å². The van der Waals surface area contributed by atoms with Crippen molar-refractivity contribution in [3.05, 3.63) is 18.0 Å². The van der Waals surface area contributed by atoms with E-state index in [4.69, 9.17) is 15.0 Å². The van der Waals surface area contributed by atoms with E-state index in [1.54, 1.807) is 6.92 Å². The molecule has 0 aromatic carbocycles. The largest absolute Gasteiger partial charge is 0.490 e. The van der Waals surface area contributed by atoms with Crippen molar-refractivity contribution < 1.29 is 9.26 Å². The van der Waals surface area contributed by atoms with Crippen LogP contribution in [0.2, 0.25) is 0 Å². The summed E-state index contributed by atoms with van der Waals surface area (Å²) in [6.07, 6.45) is 1.35. The molecule has 2 aromatic rings. The minimum atomic E-state index is 0.272. The van der Waals surface area contributed by atoms with Crippen LogP contribution in [0.5, 0.6) is 5.75 Å². The van der Waals surface area contributed by atoms with Crippen molar-refractivity contribution in [2.45, 2.75) is 13.5 Å². The Hall–Kier alpha value is -2.38. The van der Waals surface area contributed by atoms with Crippen molar-refractivity contribution in [1.29, 1.82) is 0 Å². The van der Waals surface area contributed by atoms with E-state index in [0.717, 1.165) is 0 Å². The van der Waals surface area contributed by atoms with Crippen LogP contribution in [-0.2, 0) is 6.54 Å². The fourth-order valence-electron chi connectivity index (χ4n) is 1.29. The van der Waals surface area contributed by atoms with Crippen molar-refractivity contribution in [2.75, 3.05) is 18.2 Å². The van der Waals surface area contributed by atoms with Crippen molar-refractivity contribution >= 4 is 11.6 Å². The van der Waals surface area contributed by atoms with E-state index in [1.807, 2.05) is 0 Å². The van der Waals surface area contributed by atoms with Gasteiger partial charge in [-0.2, -0.15) is 4.98 Å². The summed E-state index contributed by atoms with van der Waals surface area (Å²) in [5.74, 6) is 2.20. The first-order chi connectivity index (χ1) is 8.20. The number of ether oxygens (including phenoxy) is 1. The number of rotatable bonds is 4. The second kappa shape index (κ2) is 4.64. The smallest absolute Gasteiger partial charge is 0.223 e. The molecule has 2 heterocycles. The van der Waals surface area contributed by atoms with Gasteiger partial charge in [0.05, 0.1) is 13.7 Å². The van der Waals surface area contributed by atoms with E-state index >= 15 is 0 Å². The number of nitrogens with zero attached hydrogens (tertiary/aromatic N) is 4. The number of aromatic nitrogens is 4. The Morgan fingerprint density at radius 1 is 1.47 bits per heavy atom. The topological polar surface area (TPSA) is 112 Å². The van der Waals surface area contributed by atoms with Gasteiger partial charge in [0.1, 0.15) is 6.33 Å². The van der Waals surface area contributed by atoms with Crippen molar-refractivity contribution in [1.82, 2.24) is 20.1 Å². The lowest BCUT2D eigenvalue weighted by atomic mass is 10.4. The summed E-state index contributed by atoms with van der Waals surface area (Å²) in [5, 5.41) is 6.74. The number of methoxy groups -OCH3 is 1. The zero-order valence-corrected chi connectivity index (χ0v) is 9.47. The second-order valence-electron chi connectivity index (χ2n) is 3.22. The molecule has 0 saturated carbocycles. The Bertz CT molecular complexity index is 512. The molecule has 0 aliphatic carbocycles. The molecule has 0 radical (unpaired) electrons.